The summed E-state index contributed by atoms with van der Waals surface area (Å²) in [5.41, 5.74) is 5.99. The molecule has 1 aliphatic heterocycles. The van der Waals surface area contributed by atoms with Gasteiger partial charge in [-0.25, -0.2) is 0 Å². The molecule has 15 heavy (non-hydrogen) atoms. The molecule has 2 atom stereocenters. The molecule has 2 unspecified atom stereocenters. The number of hydrogen-bond acceptors (Lipinski definition) is 3. The highest BCUT2D eigenvalue weighted by Gasteiger charge is 2.38. The molecule has 1 aromatic heterocycles. The van der Waals surface area contributed by atoms with Crippen LogP contribution in [0.15, 0.2) is 9.85 Å². The van der Waals surface area contributed by atoms with Crippen molar-refractivity contribution >= 4 is 38.9 Å². The zero-order chi connectivity index (χ0) is 11.1. The van der Waals surface area contributed by atoms with Crippen molar-refractivity contribution in [1.29, 1.82) is 0 Å². The van der Waals surface area contributed by atoms with Gasteiger partial charge in [-0.1, -0.05) is 11.6 Å². The molecule has 0 aromatic carbocycles. The van der Waals surface area contributed by atoms with E-state index in [1.807, 2.05) is 6.07 Å². The van der Waals surface area contributed by atoms with Crippen molar-refractivity contribution in [2.24, 2.45) is 5.73 Å². The van der Waals surface area contributed by atoms with Crippen LogP contribution in [0.25, 0.3) is 0 Å². The highest BCUT2D eigenvalue weighted by Crippen LogP contribution is 2.41. The van der Waals surface area contributed by atoms with Crippen LogP contribution in [0.4, 0.5) is 0 Å². The first-order valence-electron chi connectivity index (χ1n) is 4.87. The summed E-state index contributed by atoms with van der Waals surface area (Å²) in [6.45, 7) is 2.89. The molecule has 1 fully saturated rings. The predicted octanol–water partition coefficient (Wildman–Crippen LogP) is 3.73. The van der Waals surface area contributed by atoms with Crippen LogP contribution < -0.4 is 5.73 Å². The Bertz CT molecular complexity index is 343. The molecule has 0 bridgehead atoms. The average molecular weight is 311 g/mol. The summed E-state index contributed by atoms with van der Waals surface area (Å²) in [5.74, 6) is 0. The van der Waals surface area contributed by atoms with Crippen LogP contribution in [0.5, 0.6) is 0 Å². The maximum absolute atomic E-state index is 6.22. The molecule has 1 saturated heterocycles. The Morgan fingerprint density at radius 3 is 2.93 bits per heavy atom. The fourth-order valence-corrected chi connectivity index (χ4v) is 3.75. The van der Waals surface area contributed by atoms with Gasteiger partial charge >= 0.3 is 0 Å². The second-order valence-electron chi connectivity index (χ2n) is 4.01. The van der Waals surface area contributed by atoms with E-state index in [0.717, 1.165) is 33.1 Å². The largest absolute Gasteiger partial charge is 0.373 e. The first-order valence-corrected chi connectivity index (χ1v) is 6.86. The van der Waals surface area contributed by atoms with Crippen molar-refractivity contribution in [3.8, 4) is 0 Å². The van der Waals surface area contributed by atoms with Crippen LogP contribution in [-0.2, 0) is 4.74 Å². The maximum atomic E-state index is 6.22. The fraction of sp³-hybridized carbons (Fsp3) is 0.600. The highest BCUT2D eigenvalue weighted by molar-refractivity contribution is 9.11. The van der Waals surface area contributed by atoms with Crippen molar-refractivity contribution < 1.29 is 4.74 Å². The number of nitrogens with two attached hydrogens (primary N) is 1. The highest BCUT2D eigenvalue weighted by atomic mass is 79.9. The standard InChI is InChI=1S/C10H13BrClNOS/c1-10(3-2-4-14-10)8(13)7-5-6(12)9(11)15-7/h5,8H,2-4,13H2,1H3. The molecule has 2 rings (SSSR count). The van der Waals surface area contributed by atoms with Gasteiger partial charge in [0.05, 0.1) is 20.5 Å². The summed E-state index contributed by atoms with van der Waals surface area (Å²) in [7, 11) is 0. The van der Waals surface area contributed by atoms with Crippen LogP contribution >= 0.6 is 38.9 Å². The monoisotopic (exact) mass is 309 g/mol. The molecular formula is C10H13BrClNOS. The van der Waals surface area contributed by atoms with E-state index in [1.54, 1.807) is 11.3 Å². The van der Waals surface area contributed by atoms with Gasteiger partial charge in [0.25, 0.3) is 0 Å². The summed E-state index contributed by atoms with van der Waals surface area (Å²) < 4.78 is 6.67. The third kappa shape index (κ3) is 2.24. The van der Waals surface area contributed by atoms with Crippen molar-refractivity contribution in [1.82, 2.24) is 0 Å². The summed E-state index contributed by atoms with van der Waals surface area (Å²) >= 11 is 11.0. The molecule has 0 radical (unpaired) electrons. The van der Waals surface area contributed by atoms with Crippen LogP contribution in [0.3, 0.4) is 0 Å². The van der Waals surface area contributed by atoms with Crippen molar-refractivity contribution in [2.75, 3.05) is 6.61 Å². The smallest absolute Gasteiger partial charge is 0.0888 e. The van der Waals surface area contributed by atoms with Gasteiger partial charge in [-0.3, -0.25) is 0 Å². The van der Waals surface area contributed by atoms with Gasteiger partial charge in [0.1, 0.15) is 0 Å². The zero-order valence-electron chi connectivity index (χ0n) is 8.43. The van der Waals surface area contributed by atoms with E-state index in [9.17, 15) is 0 Å². The average Bonchev–Trinajstić information content (AvgIpc) is 2.75. The SMILES string of the molecule is CC1(C(N)c2cc(Cl)c(Br)s2)CCCO1. The van der Waals surface area contributed by atoms with Crippen molar-refractivity contribution in [2.45, 2.75) is 31.4 Å². The molecule has 0 saturated carbocycles. The number of thiophene rings is 1. The van der Waals surface area contributed by atoms with Crippen LogP contribution in [0.2, 0.25) is 5.02 Å². The second-order valence-corrected chi connectivity index (χ2v) is 6.82. The summed E-state index contributed by atoms with van der Waals surface area (Å²) in [5, 5.41) is 0.729. The minimum absolute atomic E-state index is 0.0891. The number of hydrogen-bond donors (Lipinski definition) is 1. The van der Waals surface area contributed by atoms with E-state index in [-0.39, 0.29) is 11.6 Å². The van der Waals surface area contributed by atoms with E-state index in [4.69, 9.17) is 22.1 Å². The molecule has 0 aliphatic carbocycles. The van der Waals surface area contributed by atoms with Gasteiger partial charge < -0.3 is 10.5 Å². The molecule has 0 spiro atoms. The Morgan fingerprint density at radius 2 is 2.47 bits per heavy atom. The lowest BCUT2D eigenvalue weighted by molar-refractivity contribution is -0.000862. The van der Waals surface area contributed by atoms with Crippen molar-refractivity contribution in [3.63, 3.8) is 0 Å². The lowest BCUT2D eigenvalue weighted by atomic mass is 9.93. The van der Waals surface area contributed by atoms with Crippen LogP contribution in [-0.4, -0.2) is 12.2 Å². The summed E-state index contributed by atoms with van der Waals surface area (Å²) in [6, 6.07) is 1.84. The number of halogens is 2. The maximum Gasteiger partial charge on any atom is 0.0888 e. The number of rotatable bonds is 2. The zero-order valence-corrected chi connectivity index (χ0v) is 11.6. The molecule has 2 heterocycles. The van der Waals surface area contributed by atoms with E-state index in [2.05, 4.69) is 22.9 Å². The third-order valence-electron chi connectivity index (χ3n) is 2.88. The molecule has 2 N–H and O–H groups in total. The van der Waals surface area contributed by atoms with Crippen molar-refractivity contribution in [3.05, 3.63) is 19.8 Å². The lowest BCUT2D eigenvalue weighted by Crippen LogP contribution is -2.37. The Labute approximate surface area is 107 Å². The van der Waals surface area contributed by atoms with Gasteiger partial charge in [0, 0.05) is 11.5 Å². The minimum Gasteiger partial charge on any atom is -0.373 e. The van der Waals surface area contributed by atoms with Gasteiger partial charge in [-0.15, -0.1) is 11.3 Å². The minimum atomic E-state index is -0.229. The molecule has 1 aromatic rings. The topological polar surface area (TPSA) is 35.2 Å². The summed E-state index contributed by atoms with van der Waals surface area (Å²) in [4.78, 5) is 1.08. The molecule has 84 valence electrons. The van der Waals surface area contributed by atoms with E-state index in [1.165, 1.54) is 0 Å². The molecular weight excluding hydrogens is 298 g/mol. The fourth-order valence-electron chi connectivity index (χ4n) is 1.86. The second kappa shape index (κ2) is 4.34. The Morgan fingerprint density at radius 1 is 1.73 bits per heavy atom. The first kappa shape index (κ1) is 11.9. The van der Waals surface area contributed by atoms with Gasteiger partial charge in [0.15, 0.2) is 0 Å². The molecule has 2 nitrogen and oxygen atoms in total. The van der Waals surface area contributed by atoms with Crippen LogP contribution in [0, 0.1) is 0 Å². The number of ether oxygens (including phenoxy) is 1. The quantitative estimate of drug-likeness (QED) is 0.903. The van der Waals surface area contributed by atoms with E-state index < -0.39 is 0 Å². The van der Waals surface area contributed by atoms with E-state index in [0.29, 0.717) is 0 Å². The first-order chi connectivity index (χ1) is 7.03. The van der Waals surface area contributed by atoms with Gasteiger partial charge in [-0.05, 0) is 41.8 Å². The molecule has 0 amide bonds. The Kier molecular flexibility index (Phi) is 3.43. The van der Waals surface area contributed by atoms with Gasteiger partial charge in [-0.2, -0.15) is 0 Å². The van der Waals surface area contributed by atoms with Crippen LogP contribution in [0.1, 0.15) is 30.7 Å². The molecule has 5 heteroatoms. The third-order valence-corrected chi connectivity index (χ3v) is 5.44. The Hall–Kier alpha value is 0.390. The summed E-state index contributed by atoms with van der Waals surface area (Å²) in [6.07, 6.45) is 2.10. The van der Waals surface area contributed by atoms with Gasteiger partial charge in [0.2, 0.25) is 0 Å². The predicted molar refractivity (Wildman–Crippen MR) is 67.5 cm³/mol. The molecule has 1 aliphatic rings. The van der Waals surface area contributed by atoms with E-state index >= 15 is 0 Å². The lowest BCUT2D eigenvalue weighted by Gasteiger charge is -2.29. The Balaban J connectivity index is 2.23. The normalized spacial score (nSPS) is 28.3.